The molecule has 2 aromatic rings. The van der Waals surface area contributed by atoms with Crippen LogP contribution in [-0.4, -0.2) is 11.3 Å². The minimum absolute atomic E-state index is 0.0125. The molecule has 4 heteroatoms. The summed E-state index contributed by atoms with van der Waals surface area (Å²) in [5.74, 6) is 0.244. The van der Waals surface area contributed by atoms with E-state index in [0.717, 1.165) is 6.07 Å². The van der Waals surface area contributed by atoms with Crippen molar-refractivity contribution in [3.8, 4) is 11.5 Å². The van der Waals surface area contributed by atoms with Crippen molar-refractivity contribution in [1.82, 2.24) is 4.98 Å². The number of halogens is 1. The second kappa shape index (κ2) is 4.53. The lowest BCUT2D eigenvalue weighted by Gasteiger charge is -2.05. The van der Waals surface area contributed by atoms with E-state index < -0.39 is 5.82 Å². The molecule has 80 valence electrons. The molecule has 16 heavy (non-hydrogen) atoms. The number of ether oxygens (including phenoxy) is 1. The molecule has 0 unspecified atom stereocenters. The lowest BCUT2D eigenvalue weighted by atomic mass is 10.2. The Labute approximate surface area is 91.5 Å². The van der Waals surface area contributed by atoms with Gasteiger partial charge in [-0.1, -0.05) is 0 Å². The lowest BCUT2D eigenvalue weighted by Crippen LogP contribution is -1.90. The van der Waals surface area contributed by atoms with E-state index in [1.54, 1.807) is 18.3 Å². The van der Waals surface area contributed by atoms with Crippen molar-refractivity contribution in [2.24, 2.45) is 0 Å². The van der Waals surface area contributed by atoms with Crippen molar-refractivity contribution < 1.29 is 13.9 Å². The highest BCUT2D eigenvalue weighted by molar-refractivity contribution is 5.75. The Morgan fingerprint density at radius 2 is 2.12 bits per heavy atom. The third-order valence-corrected chi connectivity index (χ3v) is 1.97. The third kappa shape index (κ3) is 2.23. The van der Waals surface area contributed by atoms with Crippen LogP contribution in [0, 0.1) is 5.82 Å². The molecule has 1 heterocycles. The highest BCUT2D eigenvalue weighted by Crippen LogP contribution is 2.21. The van der Waals surface area contributed by atoms with E-state index in [9.17, 15) is 9.18 Å². The monoisotopic (exact) mass is 217 g/mol. The molecule has 0 atom stereocenters. The summed E-state index contributed by atoms with van der Waals surface area (Å²) in [7, 11) is 0. The maximum atomic E-state index is 13.2. The van der Waals surface area contributed by atoms with Gasteiger partial charge >= 0.3 is 0 Å². The standard InChI is InChI=1S/C12H8FNO2/c13-12-6-10(4-3-9(12)8-15)16-11-2-1-5-14-7-11/h1-8H. The normalized spacial score (nSPS) is 9.81. The van der Waals surface area contributed by atoms with Gasteiger partial charge in [-0.15, -0.1) is 0 Å². The predicted molar refractivity (Wildman–Crippen MR) is 56.1 cm³/mol. The molecule has 0 aliphatic carbocycles. The predicted octanol–water partition coefficient (Wildman–Crippen LogP) is 2.83. The van der Waals surface area contributed by atoms with E-state index in [0.29, 0.717) is 17.8 Å². The SMILES string of the molecule is O=Cc1ccc(Oc2cccnc2)cc1F. The maximum Gasteiger partial charge on any atom is 0.152 e. The molecule has 3 nitrogen and oxygen atoms in total. The molecule has 0 N–H and O–H groups in total. The highest BCUT2D eigenvalue weighted by Gasteiger charge is 2.03. The van der Waals surface area contributed by atoms with E-state index in [2.05, 4.69) is 4.98 Å². The van der Waals surface area contributed by atoms with Gasteiger partial charge in [0, 0.05) is 12.3 Å². The molecule has 0 spiro atoms. The molecule has 0 aliphatic rings. The van der Waals surface area contributed by atoms with Crippen molar-refractivity contribution >= 4 is 6.29 Å². The second-order valence-corrected chi connectivity index (χ2v) is 3.09. The molecular formula is C12H8FNO2. The molecule has 0 aliphatic heterocycles. The van der Waals surface area contributed by atoms with E-state index in [1.807, 2.05) is 0 Å². The Kier molecular flexibility index (Phi) is 2.91. The number of hydrogen-bond acceptors (Lipinski definition) is 3. The van der Waals surface area contributed by atoms with E-state index in [-0.39, 0.29) is 5.56 Å². The Morgan fingerprint density at radius 1 is 1.25 bits per heavy atom. The smallest absolute Gasteiger partial charge is 0.152 e. The number of benzene rings is 1. The Morgan fingerprint density at radius 3 is 2.75 bits per heavy atom. The van der Waals surface area contributed by atoms with E-state index in [1.165, 1.54) is 18.3 Å². The van der Waals surface area contributed by atoms with Gasteiger partial charge in [-0.2, -0.15) is 0 Å². The van der Waals surface area contributed by atoms with Gasteiger partial charge in [0.25, 0.3) is 0 Å². The van der Waals surface area contributed by atoms with Crippen LogP contribution in [0.25, 0.3) is 0 Å². The summed E-state index contributed by atoms with van der Waals surface area (Å²) < 4.78 is 18.6. The minimum atomic E-state index is -0.601. The molecule has 1 aromatic heterocycles. The first-order valence-corrected chi connectivity index (χ1v) is 4.62. The summed E-state index contributed by atoms with van der Waals surface area (Å²) in [6.45, 7) is 0. The van der Waals surface area contributed by atoms with Crippen LogP contribution in [0.5, 0.6) is 11.5 Å². The number of rotatable bonds is 3. The molecule has 0 bridgehead atoms. The van der Waals surface area contributed by atoms with Gasteiger partial charge in [0.2, 0.25) is 0 Å². The number of aldehydes is 1. The summed E-state index contributed by atoms with van der Waals surface area (Å²) in [5.41, 5.74) is 0.0125. The van der Waals surface area contributed by atoms with E-state index >= 15 is 0 Å². The number of aromatic nitrogens is 1. The van der Waals surface area contributed by atoms with Crippen molar-refractivity contribution in [2.45, 2.75) is 0 Å². The molecular weight excluding hydrogens is 209 g/mol. The maximum absolute atomic E-state index is 13.2. The first-order chi connectivity index (χ1) is 7.79. The van der Waals surface area contributed by atoms with Crippen LogP contribution in [0.4, 0.5) is 4.39 Å². The van der Waals surface area contributed by atoms with Gasteiger partial charge < -0.3 is 4.74 Å². The fourth-order valence-corrected chi connectivity index (χ4v) is 1.21. The molecule has 1 aromatic carbocycles. The van der Waals surface area contributed by atoms with Crippen molar-refractivity contribution in [3.63, 3.8) is 0 Å². The third-order valence-electron chi connectivity index (χ3n) is 1.97. The quantitative estimate of drug-likeness (QED) is 0.742. The van der Waals surface area contributed by atoms with Crippen LogP contribution in [-0.2, 0) is 0 Å². The topological polar surface area (TPSA) is 39.2 Å². The van der Waals surface area contributed by atoms with Crippen molar-refractivity contribution in [2.75, 3.05) is 0 Å². The fourth-order valence-electron chi connectivity index (χ4n) is 1.21. The molecule has 0 fully saturated rings. The van der Waals surface area contributed by atoms with Gasteiger partial charge in [-0.3, -0.25) is 9.78 Å². The van der Waals surface area contributed by atoms with Gasteiger partial charge in [0.05, 0.1) is 11.8 Å². The molecule has 0 amide bonds. The average Bonchev–Trinajstić information content (AvgIpc) is 2.31. The lowest BCUT2D eigenvalue weighted by molar-refractivity contribution is 0.112. The summed E-state index contributed by atoms with van der Waals surface area (Å²) in [6.07, 6.45) is 3.59. The minimum Gasteiger partial charge on any atom is -0.456 e. The number of nitrogens with zero attached hydrogens (tertiary/aromatic N) is 1. The first kappa shape index (κ1) is 10.3. The molecule has 0 radical (unpaired) electrons. The van der Waals surface area contributed by atoms with Gasteiger partial charge in [0.15, 0.2) is 6.29 Å². The van der Waals surface area contributed by atoms with Crippen LogP contribution in [0.2, 0.25) is 0 Å². The zero-order valence-electron chi connectivity index (χ0n) is 8.26. The van der Waals surface area contributed by atoms with Crippen LogP contribution in [0.15, 0.2) is 42.7 Å². The van der Waals surface area contributed by atoms with Gasteiger partial charge in [-0.25, -0.2) is 4.39 Å². The summed E-state index contributed by atoms with van der Waals surface area (Å²) in [5, 5.41) is 0. The summed E-state index contributed by atoms with van der Waals surface area (Å²) in [4.78, 5) is 14.3. The summed E-state index contributed by atoms with van der Waals surface area (Å²) in [6, 6.07) is 7.48. The Hall–Kier alpha value is -2.23. The van der Waals surface area contributed by atoms with Gasteiger partial charge in [0.1, 0.15) is 17.3 Å². The van der Waals surface area contributed by atoms with Crippen molar-refractivity contribution in [3.05, 3.63) is 54.1 Å². The number of pyridine rings is 1. The highest BCUT2D eigenvalue weighted by atomic mass is 19.1. The summed E-state index contributed by atoms with van der Waals surface area (Å²) >= 11 is 0. The zero-order chi connectivity index (χ0) is 11.4. The fraction of sp³-hybridized carbons (Fsp3) is 0. The van der Waals surface area contributed by atoms with Crippen LogP contribution in [0.3, 0.4) is 0 Å². The Bertz CT molecular complexity index is 500. The second-order valence-electron chi connectivity index (χ2n) is 3.09. The molecule has 0 saturated carbocycles. The molecule has 2 rings (SSSR count). The largest absolute Gasteiger partial charge is 0.456 e. The molecule has 0 saturated heterocycles. The van der Waals surface area contributed by atoms with Gasteiger partial charge in [-0.05, 0) is 24.3 Å². The van der Waals surface area contributed by atoms with Crippen LogP contribution < -0.4 is 4.74 Å². The first-order valence-electron chi connectivity index (χ1n) is 4.62. The van der Waals surface area contributed by atoms with Crippen molar-refractivity contribution in [1.29, 1.82) is 0 Å². The van der Waals surface area contributed by atoms with Crippen LogP contribution in [0.1, 0.15) is 10.4 Å². The van der Waals surface area contributed by atoms with Crippen LogP contribution >= 0.6 is 0 Å². The zero-order valence-corrected chi connectivity index (χ0v) is 8.26. The Balaban J connectivity index is 2.23. The van der Waals surface area contributed by atoms with E-state index in [4.69, 9.17) is 4.74 Å². The number of carbonyl (C=O) groups excluding carboxylic acids is 1. The number of hydrogen-bond donors (Lipinski definition) is 0. The average molecular weight is 217 g/mol. The number of carbonyl (C=O) groups is 1.